The summed E-state index contributed by atoms with van der Waals surface area (Å²) in [6.45, 7) is 0. The minimum absolute atomic E-state index is 0.0236. The summed E-state index contributed by atoms with van der Waals surface area (Å²) in [7, 11) is 0. The van der Waals surface area contributed by atoms with Crippen molar-refractivity contribution in [2.24, 2.45) is 0 Å². The predicted octanol–water partition coefficient (Wildman–Crippen LogP) is 5.07. The van der Waals surface area contributed by atoms with Crippen LogP contribution in [0.2, 0.25) is 5.02 Å². The highest BCUT2D eigenvalue weighted by molar-refractivity contribution is 6.30. The van der Waals surface area contributed by atoms with Crippen molar-refractivity contribution < 1.29 is 9.13 Å². The summed E-state index contributed by atoms with van der Waals surface area (Å²) < 4.78 is 20.0. The lowest BCUT2D eigenvalue weighted by molar-refractivity contribution is 0.470. The first kappa shape index (κ1) is 18.7. The molecule has 1 heterocycles. The van der Waals surface area contributed by atoms with Crippen molar-refractivity contribution in [1.29, 1.82) is 0 Å². The number of hydrogen-bond acceptors (Lipinski definition) is 4. The Balaban J connectivity index is 1.64. The summed E-state index contributed by atoms with van der Waals surface area (Å²) >= 11 is 5.90. The van der Waals surface area contributed by atoms with E-state index in [2.05, 4.69) is 5.10 Å². The van der Waals surface area contributed by atoms with Crippen LogP contribution < -0.4 is 16.0 Å². The molecule has 144 valence electrons. The summed E-state index contributed by atoms with van der Waals surface area (Å²) in [5.74, 6) is 0.122. The molecule has 4 rings (SSSR count). The van der Waals surface area contributed by atoms with E-state index in [4.69, 9.17) is 22.1 Å². The maximum atomic E-state index is 13.1. The third-order valence-electron chi connectivity index (χ3n) is 4.28. The molecule has 0 atom stereocenters. The van der Waals surface area contributed by atoms with E-state index in [0.29, 0.717) is 16.5 Å². The second kappa shape index (κ2) is 7.77. The fourth-order valence-corrected chi connectivity index (χ4v) is 2.92. The van der Waals surface area contributed by atoms with Crippen LogP contribution in [-0.2, 0) is 0 Å². The summed E-state index contributed by atoms with van der Waals surface area (Å²) in [6, 6.07) is 19.9. The molecule has 0 saturated carbocycles. The lowest BCUT2D eigenvalue weighted by Crippen LogP contribution is -2.23. The number of hydrogen-bond donors (Lipinski definition) is 1. The monoisotopic (exact) mass is 407 g/mol. The Labute approximate surface area is 170 Å². The first-order valence-corrected chi connectivity index (χ1v) is 9.07. The number of benzene rings is 3. The van der Waals surface area contributed by atoms with E-state index in [1.807, 2.05) is 12.1 Å². The molecule has 1 aromatic heterocycles. The van der Waals surface area contributed by atoms with Crippen molar-refractivity contribution in [1.82, 2.24) is 9.78 Å². The molecule has 0 amide bonds. The maximum Gasteiger partial charge on any atom is 0.316 e. The number of nitrogen functional groups attached to an aromatic ring is 1. The highest BCUT2D eigenvalue weighted by Gasteiger charge is 2.13. The van der Waals surface area contributed by atoms with Crippen molar-refractivity contribution >= 4 is 17.3 Å². The molecular weight excluding hydrogens is 393 g/mol. The van der Waals surface area contributed by atoms with Crippen LogP contribution in [0.1, 0.15) is 0 Å². The quantitative estimate of drug-likeness (QED) is 0.513. The van der Waals surface area contributed by atoms with Gasteiger partial charge in [-0.1, -0.05) is 35.9 Å². The fraction of sp³-hybridized carbons (Fsp3) is 0. The lowest BCUT2D eigenvalue weighted by Gasteiger charge is -2.11. The van der Waals surface area contributed by atoms with Gasteiger partial charge in [0.25, 0.3) is 0 Å². The Morgan fingerprint density at radius 2 is 1.48 bits per heavy atom. The molecule has 0 aliphatic carbocycles. The average Bonchev–Trinajstić information content (AvgIpc) is 2.73. The van der Waals surface area contributed by atoms with Crippen LogP contribution >= 0.6 is 11.6 Å². The van der Waals surface area contributed by atoms with Gasteiger partial charge in [0.1, 0.15) is 17.3 Å². The van der Waals surface area contributed by atoms with E-state index in [1.165, 1.54) is 23.0 Å². The smallest absolute Gasteiger partial charge is 0.316 e. The van der Waals surface area contributed by atoms with Gasteiger partial charge >= 0.3 is 5.56 Å². The lowest BCUT2D eigenvalue weighted by atomic mass is 10.1. The zero-order valence-corrected chi connectivity index (χ0v) is 15.8. The number of nitrogens with two attached hydrogens (primary N) is 1. The Hall–Kier alpha value is -3.64. The van der Waals surface area contributed by atoms with Crippen LogP contribution in [0.15, 0.2) is 83.8 Å². The molecule has 0 aliphatic heterocycles. The maximum absolute atomic E-state index is 13.1. The summed E-state index contributed by atoms with van der Waals surface area (Å²) in [4.78, 5) is 12.8. The molecule has 0 aliphatic rings. The SMILES string of the molecule is Nc1cnn(-c2ccc(Cl)cc2)c(=O)c1Oc1ccc(-c2ccc(F)cc2)cc1. The Morgan fingerprint density at radius 3 is 2.10 bits per heavy atom. The van der Waals surface area contributed by atoms with Gasteiger partial charge < -0.3 is 10.5 Å². The van der Waals surface area contributed by atoms with Crippen molar-refractivity contribution in [3.63, 3.8) is 0 Å². The standard InChI is InChI=1S/C22H15ClFN3O2/c23-16-5-9-18(10-6-16)27-22(28)21(20(25)13-26-27)29-19-11-3-15(4-12-19)14-1-7-17(24)8-2-14/h1-13H,25H2. The third-order valence-corrected chi connectivity index (χ3v) is 4.54. The molecule has 5 nitrogen and oxygen atoms in total. The van der Waals surface area contributed by atoms with E-state index in [1.54, 1.807) is 48.5 Å². The Kier molecular flexibility index (Phi) is 5.01. The van der Waals surface area contributed by atoms with Gasteiger partial charge in [-0.05, 0) is 59.7 Å². The van der Waals surface area contributed by atoms with E-state index >= 15 is 0 Å². The van der Waals surface area contributed by atoms with Gasteiger partial charge in [0.15, 0.2) is 0 Å². The highest BCUT2D eigenvalue weighted by Crippen LogP contribution is 2.27. The highest BCUT2D eigenvalue weighted by atomic mass is 35.5. The molecular formula is C22H15ClFN3O2. The van der Waals surface area contributed by atoms with Crippen LogP contribution in [-0.4, -0.2) is 9.78 Å². The largest absolute Gasteiger partial charge is 0.449 e. The van der Waals surface area contributed by atoms with E-state index in [9.17, 15) is 9.18 Å². The van der Waals surface area contributed by atoms with Crippen LogP contribution in [0, 0.1) is 5.82 Å². The van der Waals surface area contributed by atoms with Gasteiger partial charge in [-0.2, -0.15) is 9.78 Å². The summed E-state index contributed by atoms with van der Waals surface area (Å²) in [6.07, 6.45) is 1.36. The number of anilines is 1. The topological polar surface area (TPSA) is 70.1 Å². The molecule has 29 heavy (non-hydrogen) atoms. The number of halogens is 2. The molecule has 0 bridgehead atoms. The number of nitrogens with zero attached hydrogens (tertiary/aromatic N) is 2. The molecule has 3 aromatic carbocycles. The minimum Gasteiger partial charge on any atom is -0.449 e. The van der Waals surface area contributed by atoms with Gasteiger partial charge in [0.2, 0.25) is 5.75 Å². The van der Waals surface area contributed by atoms with Gasteiger partial charge in [-0.25, -0.2) is 4.39 Å². The van der Waals surface area contributed by atoms with Crippen LogP contribution in [0.4, 0.5) is 10.1 Å². The molecule has 4 aromatic rings. The van der Waals surface area contributed by atoms with Crippen LogP contribution in [0.25, 0.3) is 16.8 Å². The zero-order valence-electron chi connectivity index (χ0n) is 15.0. The second-order valence-corrected chi connectivity index (χ2v) is 6.69. The number of ether oxygens (including phenoxy) is 1. The summed E-state index contributed by atoms with van der Waals surface area (Å²) in [5, 5.41) is 4.62. The second-order valence-electron chi connectivity index (χ2n) is 6.26. The van der Waals surface area contributed by atoms with Crippen molar-refractivity contribution in [2.75, 3.05) is 5.73 Å². The normalized spacial score (nSPS) is 10.7. The minimum atomic E-state index is -0.491. The van der Waals surface area contributed by atoms with Gasteiger partial charge in [0.05, 0.1) is 11.9 Å². The number of aromatic nitrogens is 2. The third kappa shape index (κ3) is 3.97. The molecule has 0 spiro atoms. The first-order valence-electron chi connectivity index (χ1n) is 8.69. The Morgan fingerprint density at radius 1 is 0.897 bits per heavy atom. The van der Waals surface area contributed by atoms with Gasteiger partial charge in [-0.3, -0.25) is 4.79 Å². The first-order chi connectivity index (χ1) is 14.0. The molecule has 0 saturated heterocycles. The predicted molar refractivity (Wildman–Crippen MR) is 111 cm³/mol. The van der Waals surface area contributed by atoms with Crippen molar-refractivity contribution in [2.45, 2.75) is 0 Å². The Bertz CT molecular complexity index is 1210. The van der Waals surface area contributed by atoms with Gasteiger partial charge in [-0.15, -0.1) is 0 Å². The van der Waals surface area contributed by atoms with Crippen LogP contribution in [0.5, 0.6) is 11.5 Å². The van der Waals surface area contributed by atoms with E-state index in [-0.39, 0.29) is 17.3 Å². The van der Waals surface area contributed by atoms with E-state index in [0.717, 1.165) is 11.1 Å². The molecule has 2 N–H and O–H groups in total. The average molecular weight is 408 g/mol. The molecule has 7 heteroatoms. The van der Waals surface area contributed by atoms with Crippen molar-refractivity contribution in [3.8, 4) is 28.3 Å². The fourth-order valence-electron chi connectivity index (χ4n) is 2.80. The zero-order chi connectivity index (χ0) is 20.4. The van der Waals surface area contributed by atoms with Gasteiger partial charge in [0, 0.05) is 5.02 Å². The number of rotatable bonds is 4. The molecule has 0 radical (unpaired) electrons. The van der Waals surface area contributed by atoms with Crippen molar-refractivity contribution in [3.05, 3.63) is 100 Å². The van der Waals surface area contributed by atoms with E-state index < -0.39 is 5.56 Å². The molecule has 0 unspecified atom stereocenters. The molecule has 0 fully saturated rings. The van der Waals surface area contributed by atoms with Crippen LogP contribution in [0.3, 0.4) is 0 Å². The summed E-state index contributed by atoms with van der Waals surface area (Å²) in [5.41, 5.74) is 7.85.